The molecule has 0 unspecified atom stereocenters. The number of nitrogens with one attached hydrogen (secondary N) is 1. The number of pyridine rings is 1. The molecule has 0 atom stereocenters. The second-order valence-electron chi connectivity index (χ2n) is 7.98. The van der Waals surface area contributed by atoms with Crippen molar-refractivity contribution in [1.29, 1.82) is 0 Å². The van der Waals surface area contributed by atoms with Crippen molar-refractivity contribution in [2.75, 3.05) is 45.9 Å². The SMILES string of the molecule is CC(C)(C)OC(=O)N1CCN(CCNC(=O)c2cnc(OCC(F)(F)F)c(Cl)c2)CC1. The molecule has 0 aromatic carbocycles. The van der Waals surface area contributed by atoms with Crippen molar-refractivity contribution in [3.05, 3.63) is 22.8 Å². The van der Waals surface area contributed by atoms with Crippen LogP contribution in [-0.2, 0) is 4.74 Å². The summed E-state index contributed by atoms with van der Waals surface area (Å²) < 4.78 is 46.5. The number of alkyl halides is 3. The molecule has 0 bridgehead atoms. The fourth-order valence-electron chi connectivity index (χ4n) is 2.72. The number of rotatable bonds is 6. The van der Waals surface area contributed by atoms with Crippen molar-refractivity contribution in [2.24, 2.45) is 0 Å². The van der Waals surface area contributed by atoms with E-state index in [9.17, 15) is 22.8 Å². The van der Waals surface area contributed by atoms with Crippen LogP contribution in [0.1, 0.15) is 31.1 Å². The predicted molar refractivity (Wildman–Crippen MR) is 107 cm³/mol. The van der Waals surface area contributed by atoms with E-state index >= 15 is 0 Å². The Hall–Kier alpha value is -2.27. The van der Waals surface area contributed by atoms with Gasteiger partial charge in [0, 0.05) is 45.5 Å². The summed E-state index contributed by atoms with van der Waals surface area (Å²) in [5, 5.41) is 2.52. The minimum Gasteiger partial charge on any atom is -0.467 e. The highest BCUT2D eigenvalue weighted by Crippen LogP contribution is 2.25. The molecule has 1 saturated heterocycles. The largest absolute Gasteiger partial charge is 0.467 e. The van der Waals surface area contributed by atoms with Gasteiger partial charge in [0.2, 0.25) is 5.88 Å². The molecular weight excluding hydrogens is 441 g/mol. The Morgan fingerprint density at radius 3 is 2.39 bits per heavy atom. The van der Waals surface area contributed by atoms with E-state index in [1.165, 1.54) is 6.07 Å². The summed E-state index contributed by atoms with van der Waals surface area (Å²) in [6, 6.07) is 1.20. The molecule has 0 aliphatic carbocycles. The molecule has 1 aromatic heterocycles. The van der Waals surface area contributed by atoms with Crippen LogP contribution in [0.15, 0.2) is 12.3 Å². The Bertz CT molecular complexity index is 778. The lowest BCUT2D eigenvalue weighted by atomic mass is 10.2. The minimum atomic E-state index is -4.51. The van der Waals surface area contributed by atoms with Gasteiger partial charge in [0.1, 0.15) is 10.6 Å². The van der Waals surface area contributed by atoms with E-state index in [0.29, 0.717) is 39.3 Å². The Morgan fingerprint density at radius 2 is 1.84 bits per heavy atom. The zero-order valence-corrected chi connectivity index (χ0v) is 18.3. The van der Waals surface area contributed by atoms with Crippen LogP contribution >= 0.6 is 11.6 Å². The average Bonchev–Trinajstić information content (AvgIpc) is 2.65. The third-order valence-electron chi connectivity index (χ3n) is 4.18. The summed E-state index contributed by atoms with van der Waals surface area (Å²) in [6.07, 6.45) is -3.75. The van der Waals surface area contributed by atoms with Crippen LogP contribution < -0.4 is 10.1 Å². The Labute approximate surface area is 183 Å². The number of hydrogen-bond donors (Lipinski definition) is 1. The lowest BCUT2D eigenvalue weighted by Gasteiger charge is -2.35. The van der Waals surface area contributed by atoms with Gasteiger partial charge in [-0.15, -0.1) is 0 Å². The number of carbonyl (C=O) groups excluding carboxylic acids is 2. The third-order valence-corrected chi connectivity index (χ3v) is 4.45. The molecule has 2 heterocycles. The van der Waals surface area contributed by atoms with E-state index < -0.39 is 30.2 Å². The molecule has 1 aliphatic heterocycles. The first-order valence-electron chi connectivity index (χ1n) is 9.67. The summed E-state index contributed by atoms with van der Waals surface area (Å²) in [4.78, 5) is 31.7. The van der Waals surface area contributed by atoms with Crippen molar-refractivity contribution in [1.82, 2.24) is 20.1 Å². The number of hydrogen-bond acceptors (Lipinski definition) is 6. The van der Waals surface area contributed by atoms with Crippen LogP contribution in [0.25, 0.3) is 0 Å². The summed E-state index contributed by atoms with van der Waals surface area (Å²) in [5.41, 5.74) is -0.432. The van der Waals surface area contributed by atoms with Crippen molar-refractivity contribution < 1.29 is 32.2 Å². The minimum absolute atomic E-state index is 0.110. The van der Waals surface area contributed by atoms with Gasteiger partial charge < -0.3 is 19.7 Å². The summed E-state index contributed by atoms with van der Waals surface area (Å²) in [6.45, 7) is 7.19. The van der Waals surface area contributed by atoms with E-state index in [1.54, 1.807) is 4.90 Å². The molecule has 0 saturated carbocycles. The van der Waals surface area contributed by atoms with Gasteiger partial charge >= 0.3 is 12.3 Å². The molecule has 31 heavy (non-hydrogen) atoms. The normalized spacial score (nSPS) is 15.5. The van der Waals surface area contributed by atoms with Gasteiger partial charge in [0.15, 0.2) is 6.61 Å². The van der Waals surface area contributed by atoms with Crippen molar-refractivity contribution in [2.45, 2.75) is 32.5 Å². The quantitative estimate of drug-likeness (QED) is 0.694. The molecule has 174 valence electrons. The molecule has 2 rings (SSSR count). The molecule has 1 fully saturated rings. The van der Waals surface area contributed by atoms with E-state index in [4.69, 9.17) is 16.3 Å². The number of aromatic nitrogens is 1. The number of ether oxygens (including phenoxy) is 2. The monoisotopic (exact) mass is 466 g/mol. The first-order valence-corrected chi connectivity index (χ1v) is 10.1. The molecule has 2 amide bonds. The predicted octanol–water partition coefficient (Wildman–Crippen LogP) is 2.96. The average molecular weight is 467 g/mol. The van der Waals surface area contributed by atoms with Crippen molar-refractivity contribution in [3.8, 4) is 5.88 Å². The molecule has 0 spiro atoms. The van der Waals surface area contributed by atoms with E-state index in [1.807, 2.05) is 20.8 Å². The summed E-state index contributed by atoms with van der Waals surface area (Å²) in [5.74, 6) is -0.845. The van der Waals surface area contributed by atoms with Crippen LogP contribution in [0, 0.1) is 0 Å². The maximum absolute atomic E-state index is 12.2. The lowest BCUT2D eigenvalue weighted by Crippen LogP contribution is -2.51. The highest BCUT2D eigenvalue weighted by atomic mass is 35.5. The lowest BCUT2D eigenvalue weighted by molar-refractivity contribution is -0.154. The van der Waals surface area contributed by atoms with Gasteiger partial charge in [0.25, 0.3) is 5.91 Å². The highest BCUT2D eigenvalue weighted by Gasteiger charge is 2.29. The fraction of sp³-hybridized carbons (Fsp3) is 0.632. The van der Waals surface area contributed by atoms with Gasteiger partial charge in [-0.05, 0) is 26.8 Å². The number of piperazine rings is 1. The van der Waals surface area contributed by atoms with Gasteiger partial charge in [-0.25, -0.2) is 9.78 Å². The molecular formula is C19H26ClF3N4O4. The molecule has 8 nitrogen and oxygen atoms in total. The Morgan fingerprint density at radius 1 is 1.19 bits per heavy atom. The molecule has 1 aliphatic rings. The second-order valence-corrected chi connectivity index (χ2v) is 8.39. The Kier molecular flexibility index (Phi) is 8.35. The van der Waals surface area contributed by atoms with Gasteiger partial charge in [-0.1, -0.05) is 11.6 Å². The number of amides is 2. The Balaban J connectivity index is 1.74. The standard InChI is InChI=1S/C19H26ClF3N4O4/c1-18(2,3)31-17(29)27-8-6-26(7-9-27)5-4-24-15(28)13-10-14(20)16(25-11-13)30-12-19(21,22)23/h10-11H,4-9,12H2,1-3H3,(H,24,28). The molecule has 1 N–H and O–H groups in total. The molecule has 12 heteroatoms. The van der Waals surface area contributed by atoms with Gasteiger partial charge in [-0.3, -0.25) is 9.69 Å². The molecule has 1 aromatic rings. The number of carbonyl (C=O) groups is 2. The van der Waals surface area contributed by atoms with Crippen LogP contribution in [0.4, 0.5) is 18.0 Å². The van der Waals surface area contributed by atoms with Crippen LogP contribution in [0.2, 0.25) is 5.02 Å². The number of nitrogens with zero attached hydrogens (tertiary/aromatic N) is 3. The maximum Gasteiger partial charge on any atom is 0.422 e. The van der Waals surface area contributed by atoms with E-state index in [2.05, 4.69) is 19.9 Å². The van der Waals surface area contributed by atoms with Gasteiger partial charge in [-0.2, -0.15) is 13.2 Å². The smallest absolute Gasteiger partial charge is 0.422 e. The fourth-order valence-corrected chi connectivity index (χ4v) is 2.94. The third kappa shape index (κ3) is 8.78. The first-order chi connectivity index (χ1) is 14.3. The highest BCUT2D eigenvalue weighted by molar-refractivity contribution is 6.32. The first kappa shape index (κ1) is 25.0. The maximum atomic E-state index is 12.2. The molecule has 0 radical (unpaired) electrons. The summed E-state index contributed by atoms with van der Waals surface area (Å²) >= 11 is 5.85. The zero-order valence-electron chi connectivity index (χ0n) is 17.6. The van der Waals surface area contributed by atoms with Crippen molar-refractivity contribution >= 4 is 23.6 Å². The van der Waals surface area contributed by atoms with Crippen LogP contribution in [-0.4, -0.2) is 84.4 Å². The van der Waals surface area contributed by atoms with E-state index in [0.717, 1.165) is 6.20 Å². The van der Waals surface area contributed by atoms with Crippen molar-refractivity contribution in [3.63, 3.8) is 0 Å². The second kappa shape index (κ2) is 10.4. The van der Waals surface area contributed by atoms with E-state index in [-0.39, 0.29) is 16.7 Å². The van der Waals surface area contributed by atoms with Crippen LogP contribution in [0.3, 0.4) is 0 Å². The van der Waals surface area contributed by atoms with Crippen LogP contribution in [0.5, 0.6) is 5.88 Å². The number of halogens is 4. The topological polar surface area (TPSA) is 84.0 Å². The zero-order chi connectivity index (χ0) is 23.2. The van der Waals surface area contributed by atoms with Gasteiger partial charge in [0.05, 0.1) is 5.56 Å². The summed E-state index contributed by atoms with van der Waals surface area (Å²) in [7, 11) is 0.